The van der Waals surface area contributed by atoms with Gasteiger partial charge in [-0.1, -0.05) is 0 Å². The summed E-state index contributed by atoms with van der Waals surface area (Å²) in [6.07, 6.45) is 6.75. The van der Waals surface area contributed by atoms with Crippen LogP contribution in [0, 0.1) is 0 Å². The van der Waals surface area contributed by atoms with Gasteiger partial charge in [-0.2, -0.15) is 0 Å². The maximum Gasteiger partial charge on any atom is 0.275 e. The normalized spacial score (nSPS) is 14.1. The Morgan fingerprint density at radius 2 is 1.88 bits per heavy atom. The van der Waals surface area contributed by atoms with Crippen LogP contribution in [-0.4, -0.2) is 43.2 Å². The van der Waals surface area contributed by atoms with E-state index in [2.05, 4.69) is 20.2 Å². The van der Waals surface area contributed by atoms with Crippen molar-refractivity contribution in [3.63, 3.8) is 0 Å². The number of methoxy groups -OCH3 is 2. The predicted molar refractivity (Wildman–Crippen MR) is 95.6 cm³/mol. The molecule has 1 N–H and O–H groups in total. The van der Waals surface area contributed by atoms with Crippen LogP contribution in [-0.2, 0) is 0 Å². The van der Waals surface area contributed by atoms with Gasteiger partial charge < -0.3 is 19.7 Å². The highest BCUT2D eigenvalue weighted by Crippen LogP contribution is 2.29. The van der Waals surface area contributed by atoms with Gasteiger partial charge in [0.05, 0.1) is 32.3 Å². The van der Waals surface area contributed by atoms with Crippen molar-refractivity contribution in [3.05, 3.63) is 36.3 Å². The van der Waals surface area contributed by atoms with E-state index in [9.17, 15) is 4.79 Å². The molecule has 0 saturated carbocycles. The number of amides is 1. The van der Waals surface area contributed by atoms with Crippen LogP contribution in [0.5, 0.6) is 11.5 Å². The van der Waals surface area contributed by atoms with E-state index in [1.165, 1.54) is 25.5 Å². The van der Waals surface area contributed by atoms with Crippen molar-refractivity contribution in [3.8, 4) is 11.5 Å². The minimum Gasteiger partial charge on any atom is -0.497 e. The standard InChI is InChI=1S/C18H22N4O3/c1-24-13-6-7-16(25-2)14(10-13)21-18(23)15-11-20-17(12-19-15)22-8-4-3-5-9-22/h6-7,10-12H,3-5,8-9H2,1-2H3,(H,21,23). The molecule has 1 aromatic carbocycles. The molecule has 0 radical (unpaired) electrons. The summed E-state index contributed by atoms with van der Waals surface area (Å²) in [6.45, 7) is 1.97. The molecule has 0 aliphatic carbocycles. The fraction of sp³-hybridized carbons (Fsp3) is 0.389. The van der Waals surface area contributed by atoms with Crippen molar-refractivity contribution < 1.29 is 14.3 Å². The summed E-state index contributed by atoms with van der Waals surface area (Å²) < 4.78 is 10.5. The largest absolute Gasteiger partial charge is 0.497 e. The first-order valence-electron chi connectivity index (χ1n) is 8.31. The van der Waals surface area contributed by atoms with Gasteiger partial charge in [0, 0.05) is 19.2 Å². The van der Waals surface area contributed by atoms with Crippen LogP contribution in [0.25, 0.3) is 0 Å². The SMILES string of the molecule is COc1ccc(OC)c(NC(=O)c2cnc(N3CCCCC3)cn2)c1. The molecular formula is C18H22N4O3. The fourth-order valence-electron chi connectivity index (χ4n) is 2.82. The van der Waals surface area contributed by atoms with Crippen LogP contribution >= 0.6 is 0 Å². The Hall–Kier alpha value is -2.83. The van der Waals surface area contributed by atoms with Crippen LogP contribution in [0.1, 0.15) is 29.8 Å². The second kappa shape index (κ2) is 7.83. The lowest BCUT2D eigenvalue weighted by Gasteiger charge is -2.27. The highest BCUT2D eigenvalue weighted by molar-refractivity contribution is 6.03. The first-order valence-corrected chi connectivity index (χ1v) is 8.31. The number of hydrogen-bond acceptors (Lipinski definition) is 6. The molecule has 0 spiro atoms. The van der Waals surface area contributed by atoms with Gasteiger partial charge in [-0.15, -0.1) is 0 Å². The van der Waals surface area contributed by atoms with Crippen molar-refractivity contribution >= 4 is 17.4 Å². The monoisotopic (exact) mass is 342 g/mol. The fourth-order valence-corrected chi connectivity index (χ4v) is 2.82. The number of piperidine rings is 1. The Bertz CT molecular complexity index is 728. The quantitative estimate of drug-likeness (QED) is 0.900. The highest BCUT2D eigenvalue weighted by atomic mass is 16.5. The van der Waals surface area contributed by atoms with Crippen LogP contribution < -0.4 is 19.7 Å². The average Bonchev–Trinajstić information content (AvgIpc) is 2.68. The molecule has 1 saturated heterocycles. The minimum atomic E-state index is -0.343. The predicted octanol–water partition coefficient (Wildman–Crippen LogP) is 2.74. The van der Waals surface area contributed by atoms with Crippen LogP contribution in [0.15, 0.2) is 30.6 Å². The van der Waals surface area contributed by atoms with Gasteiger partial charge in [-0.3, -0.25) is 4.79 Å². The third kappa shape index (κ3) is 3.99. The summed E-state index contributed by atoms with van der Waals surface area (Å²) in [5.41, 5.74) is 0.777. The molecule has 1 aliphatic heterocycles. The van der Waals surface area contributed by atoms with E-state index in [-0.39, 0.29) is 11.6 Å². The Kier molecular flexibility index (Phi) is 5.33. The van der Waals surface area contributed by atoms with Gasteiger partial charge >= 0.3 is 0 Å². The lowest BCUT2D eigenvalue weighted by molar-refractivity contribution is 0.102. The lowest BCUT2D eigenvalue weighted by atomic mass is 10.1. The number of nitrogens with one attached hydrogen (secondary N) is 1. The van der Waals surface area contributed by atoms with Crippen molar-refractivity contribution in [1.82, 2.24) is 9.97 Å². The van der Waals surface area contributed by atoms with Gasteiger partial charge in [0.15, 0.2) is 0 Å². The Labute approximate surface area is 147 Å². The zero-order valence-corrected chi connectivity index (χ0v) is 14.5. The number of carbonyl (C=O) groups excluding carboxylic acids is 1. The first kappa shape index (κ1) is 17.0. The first-order chi connectivity index (χ1) is 12.2. The molecule has 1 amide bonds. The number of aromatic nitrogens is 2. The van der Waals surface area contributed by atoms with E-state index in [0.29, 0.717) is 17.2 Å². The van der Waals surface area contributed by atoms with Crippen LogP contribution in [0.3, 0.4) is 0 Å². The molecule has 132 valence electrons. The number of ether oxygens (including phenoxy) is 2. The van der Waals surface area contributed by atoms with E-state index >= 15 is 0 Å². The number of nitrogens with zero attached hydrogens (tertiary/aromatic N) is 3. The Balaban J connectivity index is 1.73. The zero-order chi connectivity index (χ0) is 17.6. The molecule has 1 aliphatic rings. The molecule has 2 aromatic rings. The maximum atomic E-state index is 12.4. The van der Waals surface area contributed by atoms with Gasteiger partial charge in [-0.25, -0.2) is 9.97 Å². The topological polar surface area (TPSA) is 76.6 Å². The van der Waals surface area contributed by atoms with Gasteiger partial charge in [0.2, 0.25) is 0 Å². The van der Waals surface area contributed by atoms with Crippen molar-refractivity contribution in [2.75, 3.05) is 37.5 Å². The number of carbonyl (C=O) groups is 1. The molecule has 0 unspecified atom stereocenters. The molecule has 7 heteroatoms. The van der Waals surface area contributed by atoms with E-state index in [0.717, 1.165) is 18.9 Å². The van der Waals surface area contributed by atoms with E-state index < -0.39 is 0 Å². The van der Waals surface area contributed by atoms with Gasteiger partial charge in [0.25, 0.3) is 5.91 Å². The summed E-state index contributed by atoms with van der Waals surface area (Å²) >= 11 is 0. The third-order valence-corrected chi connectivity index (χ3v) is 4.21. The number of rotatable bonds is 5. The molecular weight excluding hydrogens is 320 g/mol. The molecule has 1 fully saturated rings. The number of anilines is 2. The summed E-state index contributed by atoms with van der Waals surface area (Å²) in [5, 5.41) is 2.79. The van der Waals surface area contributed by atoms with Crippen molar-refractivity contribution in [1.29, 1.82) is 0 Å². The molecule has 0 atom stereocenters. The zero-order valence-electron chi connectivity index (χ0n) is 14.5. The summed E-state index contributed by atoms with van der Waals surface area (Å²) in [6, 6.07) is 5.20. The second-order valence-corrected chi connectivity index (χ2v) is 5.83. The minimum absolute atomic E-state index is 0.255. The molecule has 0 bridgehead atoms. The van der Waals surface area contributed by atoms with Gasteiger partial charge in [0.1, 0.15) is 23.0 Å². The van der Waals surface area contributed by atoms with E-state index in [1.807, 2.05) is 0 Å². The van der Waals surface area contributed by atoms with E-state index in [4.69, 9.17) is 9.47 Å². The average molecular weight is 342 g/mol. The van der Waals surface area contributed by atoms with Crippen molar-refractivity contribution in [2.24, 2.45) is 0 Å². The summed E-state index contributed by atoms with van der Waals surface area (Å²) in [4.78, 5) is 23.3. The maximum absolute atomic E-state index is 12.4. The van der Waals surface area contributed by atoms with E-state index in [1.54, 1.807) is 38.6 Å². The highest BCUT2D eigenvalue weighted by Gasteiger charge is 2.15. The number of hydrogen-bond donors (Lipinski definition) is 1. The van der Waals surface area contributed by atoms with Crippen molar-refractivity contribution in [2.45, 2.75) is 19.3 Å². The molecule has 7 nitrogen and oxygen atoms in total. The molecule has 25 heavy (non-hydrogen) atoms. The second-order valence-electron chi connectivity index (χ2n) is 5.83. The van der Waals surface area contributed by atoms with Gasteiger partial charge in [-0.05, 0) is 31.4 Å². The summed E-state index contributed by atoms with van der Waals surface area (Å²) in [7, 11) is 3.11. The molecule has 1 aromatic heterocycles. The number of benzene rings is 1. The molecule has 3 rings (SSSR count). The lowest BCUT2D eigenvalue weighted by Crippen LogP contribution is -2.30. The Morgan fingerprint density at radius 3 is 2.52 bits per heavy atom. The van der Waals surface area contributed by atoms with Crippen LogP contribution in [0.2, 0.25) is 0 Å². The Morgan fingerprint density at radius 1 is 1.08 bits per heavy atom. The smallest absolute Gasteiger partial charge is 0.275 e. The summed E-state index contributed by atoms with van der Waals surface area (Å²) in [5.74, 6) is 1.65. The molecule has 2 heterocycles. The van der Waals surface area contributed by atoms with Crippen LogP contribution in [0.4, 0.5) is 11.5 Å². The third-order valence-electron chi connectivity index (χ3n) is 4.21.